The van der Waals surface area contributed by atoms with Gasteiger partial charge in [-0.25, -0.2) is 0 Å². The second-order valence-electron chi connectivity index (χ2n) is 4.91. The van der Waals surface area contributed by atoms with Gasteiger partial charge in [-0.1, -0.05) is 0 Å². The van der Waals surface area contributed by atoms with Gasteiger partial charge in [-0.3, -0.25) is 9.88 Å². The zero-order chi connectivity index (χ0) is 14.6. The van der Waals surface area contributed by atoms with E-state index in [1.165, 1.54) is 4.90 Å². The monoisotopic (exact) mass is 288 g/mol. The summed E-state index contributed by atoms with van der Waals surface area (Å²) in [6.45, 7) is 1.94. The standard InChI is InChI=1S/C13H19F3N4/c1-17-8-11-2-3-18-9-12(11)20-6-4-19(5-7-20)10-13(14,15)16/h2-3,9,17H,4-8,10H2,1H3. The first-order valence-electron chi connectivity index (χ1n) is 6.61. The number of pyridine rings is 1. The number of nitrogens with zero attached hydrogens (tertiary/aromatic N) is 3. The van der Waals surface area contributed by atoms with Crippen LogP contribution in [-0.2, 0) is 6.54 Å². The molecule has 0 aromatic carbocycles. The Kier molecular flexibility index (Phi) is 4.82. The van der Waals surface area contributed by atoms with Gasteiger partial charge < -0.3 is 10.2 Å². The molecule has 112 valence electrons. The molecule has 1 aromatic rings. The summed E-state index contributed by atoms with van der Waals surface area (Å²) in [7, 11) is 1.87. The molecule has 1 aliphatic heterocycles. The Morgan fingerprint density at radius 2 is 1.95 bits per heavy atom. The molecule has 0 bridgehead atoms. The average Bonchev–Trinajstić information content (AvgIpc) is 2.39. The molecule has 0 aliphatic carbocycles. The second-order valence-corrected chi connectivity index (χ2v) is 4.91. The molecule has 0 spiro atoms. The quantitative estimate of drug-likeness (QED) is 0.909. The van der Waals surface area contributed by atoms with Crippen molar-refractivity contribution in [3.63, 3.8) is 0 Å². The van der Waals surface area contributed by atoms with Crippen molar-refractivity contribution in [2.24, 2.45) is 0 Å². The fourth-order valence-corrected chi connectivity index (χ4v) is 2.44. The Balaban J connectivity index is 1.97. The number of rotatable bonds is 4. The summed E-state index contributed by atoms with van der Waals surface area (Å²) < 4.78 is 37.1. The van der Waals surface area contributed by atoms with Gasteiger partial charge in [0.1, 0.15) is 0 Å². The number of anilines is 1. The Labute approximate surface area is 116 Å². The summed E-state index contributed by atoms with van der Waals surface area (Å²) in [5, 5.41) is 3.09. The zero-order valence-corrected chi connectivity index (χ0v) is 11.5. The highest BCUT2D eigenvalue weighted by atomic mass is 19.4. The van der Waals surface area contributed by atoms with Crippen LogP contribution in [0.5, 0.6) is 0 Å². The maximum atomic E-state index is 12.4. The van der Waals surface area contributed by atoms with Crippen LogP contribution >= 0.6 is 0 Å². The molecule has 20 heavy (non-hydrogen) atoms. The number of hydrogen-bond donors (Lipinski definition) is 1. The molecule has 1 fully saturated rings. The van der Waals surface area contributed by atoms with Crippen molar-refractivity contribution in [2.75, 3.05) is 44.7 Å². The van der Waals surface area contributed by atoms with Gasteiger partial charge in [-0.2, -0.15) is 13.2 Å². The van der Waals surface area contributed by atoms with Crippen LogP contribution < -0.4 is 10.2 Å². The first-order valence-corrected chi connectivity index (χ1v) is 6.61. The molecule has 0 unspecified atom stereocenters. The highest BCUT2D eigenvalue weighted by Gasteiger charge is 2.32. The van der Waals surface area contributed by atoms with Crippen molar-refractivity contribution in [3.8, 4) is 0 Å². The topological polar surface area (TPSA) is 31.4 Å². The van der Waals surface area contributed by atoms with E-state index in [0.29, 0.717) is 26.2 Å². The molecule has 0 amide bonds. The first-order chi connectivity index (χ1) is 9.49. The van der Waals surface area contributed by atoms with Crippen molar-refractivity contribution < 1.29 is 13.2 Å². The van der Waals surface area contributed by atoms with E-state index in [-0.39, 0.29) is 0 Å². The number of alkyl halides is 3. The lowest BCUT2D eigenvalue weighted by atomic mass is 10.2. The van der Waals surface area contributed by atoms with Crippen LogP contribution in [0.2, 0.25) is 0 Å². The van der Waals surface area contributed by atoms with Crippen LogP contribution in [-0.4, -0.2) is 55.8 Å². The molecule has 0 atom stereocenters. The number of nitrogens with one attached hydrogen (secondary N) is 1. The van der Waals surface area contributed by atoms with E-state index >= 15 is 0 Å². The number of aromatic nitrogens is 1. The average molecular weight is 288 g/mol. The lowest BCUT2D eigenvalue weighted by Crippen LogP contribution is -2.49. The lowest BCUT2D eigenvalue weighted by Gasteiger charge is -2.37. The molecule has 1 N–H and O–H groups in total. The molecule has 0 radical (unpaired) electrons. The van der Waals surface area contributed by atoms with Gasteiger partial charge in [-0.05, 0) is 18.7 Å². The van der Waals surface area contributed by atoms with Gasteiger partial charge in [0.05, 0.1) is 18.4 Å². The minimum Gasteiger partial charge on any atom is -0.367 e. The molecule has 7 heteroatoms. The van der Waals surface area contributed by atoms with E-state index in [0.717, 1.165) is 17.8 Å². The summed E-state index contributed by atoms with van der Waals surface area (Å²) >= 11 is 0. The lowest BCUT2D eigenvalue weighted by molar-refractivity contribution is -0.146. The third-order valence-electron chi connectivity index (χ3n) is 3.37. The third-order valence-corrected chi connectivity index (χ3v) is 3.37. The number of halogens is 3. The molecule has 1 aliphatic rings. The van der Waals surface area contributed by atoms with Crippen LogP contribution in [0.3, 0.4) is 0 Å². The SMILES string of the molecule is CNCc1ccncc1N1CCN(CC(F)(F)F)CC1. The fourth-order valence-electron chi connectivity index (χ4n) is 2.44. The van der Waals surface area contributed by atoms with Gasteiger partial charge in [0.25, 0.3) is 0 Å². The smallest absolute Gasteiger partial charge is 0.367 e. The van der Waals surface area contributed by atoms with Gasteiger partial charge in [-0.15, -0.1) is 0 Å². The largest absolute Gasteiger partial charge is 0.401 e. The summed E-state index contributed by atoms with van der Waals surface area (Å²) in [5.41, 5.74) is 2.13. The summed E-state index contributed by atoms with van der Waals surface area (Å²) in [4.78, 5) is 7.67. The predicted molar refractivity (Wildman–Crippen MR) is 71.7 cm³/mol. The van der Waals surface area contributed by atoms with Gasteiger partial charge in [0.15, 0.2) is 0 Å². The predicted octanol–water partition coefficient (Wildman–Crippen LogP) is 1.49. The van der Waals surface area contributed by atoms with Crippen LogP contribution in [0, 0.1) is 0 Å². The van der Waals surface area contributed by atoms with E-state index in [2.05, 4.69) is 15.2 Å². The molecule has 2 heterocycles. The molecule has 2 rings (SSSR count). The molecule has 1 saturated heterocycles. The highest BCUT2D eigenvalue weighted by molar-refractivity contribution is 5.52. The molecular formula is C13H19F3N4. The molecule has 0 saturated carbocycles. The van der Waals surface area contributed by atoms with E-state index in [1.54, 1.807) is 12.4 Å². The van der Waals surface area contributed by atoms with Crippen LogP contribution in [0.4, 0.5) is 18.9 Å². The molecular weight excluding hydrogens is 269 g/mol. The second kappa shape index (κ2) is 6.41. The van der Waals surface area contributed by atoms with E-state index in [1.807, 2.05) is 13.1 Å². The van der Waals surface area contributed by atoms with Crippen LogP contribution in [0.25, 0.3) is 0 Å². The first kappa shape index (κ1) is 15.1. The minimum atomic E-state index is -4.12. The van der Waals surface area contributed by atoms with E-state index < -0.39 is 12.7 Å². The summed E-state index contributed by atoms with van der Waals surface area (Å²) in [6.07, 6.45) is -0.601. The maximum Gasteiger partial charge on any atom is 0.401 e. The van der Waals surface area contributed by atoms with Crippen LogP contribution in [0.15, 0.2) is 18.5 Å². The Morgan fingerprint density at radius 1 is 1.25 bits per heavy atom. The van der Waals surface area contributed by atoms with Gasteiger partial charge >= 0.3 is 6.18 Å². The summed E-state index contributed by atoms with van der Waals surface area (Å²) in [6, 6.07) is 1.94. The van der Waals surface area contributed by atoms with Crippen molar-refractivity contribution in [1.82, 2.24) is 15.2 Å². The number of hydrogen-bond acceptors (Lipinski definition) is 4. The zero-order valence-electron chi connectivity index (χ0n) is 11.5. The van der Waals surface area contributed by atoms with E-state index in [4.69, 9.17) is 0 Å². The highest BCUT2D eigenvalue weighted by Crippen LogP contribution is 2.22. The minimum absolute atomic E-state index is 0.424. The van der Waals surface area contributed by atoms with Crippen molar-refractivity contribution in [2.45, 2.75) is 12.7 Å². The third kappa shape index (κ3) is 4.08. The fraction of sp³-hybridized carbons (Fsp3) is 0.615. The van der Waals surface area contributed by atoms with E-state index in [9.17, 15) is 13.2 Å². The Bertz CT molecular complexity index is 428. The van der Waals surface area contributed by atoms with Crippen molar-refractivity contribution in [1.29, 1.82) is 0 Å². The van der Waals surface area contributed by atoms with Crippen molar-refractivity contribution >= 4 is 5.69 Å². The Hall–Kier alpha value is -1.34. The van der Waals surface area contributed by atoms with Gasteiger partial charge in [0.2, 0.25) is 0 Å². The molecule has 4 nitrogen and oxygen atoms in total. The molecule has 1 aromatic heterocycles. The van der Waals surface area contributed by atoms with Crippen molar-refractivity contribution in [3.05, 3.63) is 24.0 Å². The summed E-state index contributed by atoms with van der Waals surface area (Å²) in [5.74, 6) is 0. The van der Waals surface area contributed by atoms with Gasteiger partial charge in [0, 0.05) is 38.9 Å². The maximum absolute atomic E-state index is 12.4. The normalized spacial score (nSPS) is 17.5. The van der Waals surface area contributed by atoms with Crippen LogP contribution in [0.1, 0.15) is 5.56 Å². The Morgan fingerprint density at radius 3 is 2.55 bits per heavy atom. The number of piperazine rings is 1.